The van der Waals surface area contributed by atoms with Crippen molar-refractivity contribution in [1.29, 1.82) is 0 Å². The lowest BCUT2D eigenvalue weighted by Gasteiger charge is -2.15. The van der Waals surface area contributed by atoms with E-state index in [-0.39, 0.29) is 35.4 Å². The average Bonchev–Trinajstić information content (AvgIpc) is 3.69. The van der Waals surface area contributed by atoms with Crippen LogP contribution in [0.25, 0.3) is 17.0 Å². The Labute approximate surface area is 219 Å². The van der Waals surface area contributed by atoms with Crippen molar-refractivity contribution in [3.05, 3.63) is 81.9 Å². The molecule has 39 heavy (non-hydrogen) atoms. The number of aryl methyl sites for hydroxylation is 2. The number of halogens is 1. The quantitative estimate of drug-likeness (QED) is 0.256. The average molecular weight is 529 g/mol. The van der Waals surface area contributed by atoms with Gasteiger partial charge < -0.3 is 15.7 Å². The molecule has 4 N–H and O–H groups in total. The van der Waals surface area contributed by atoms with Gasteiger partial charge in [-0.1, -0.05) is 34.6 Å². The summed E-state index contributed by atoms with van der Waals surface area (Å²) < 4.78 is 14.6. The number of benzene rings is 2. The Bertz CT molecular complexity index is 1730. The molecule has 13 nitrogen and oxygen atoms in total. The molecule has 196 valence electrons. The zero-order valence-electron chi connectivity index (χ0n) is 20.5. The van der Waals surface area contributed by atoms with E-state index >= 15 is 0 Å². The summed E-state index contributed by atoms with van der Waals surface area (Å²) in [5.41, 5.74) is 3.70. The summed E-state index contributed by atoms with van der Waals surface area (Å²) >= 11 is 0. The van der Waals surface area contributed by atoms with Crippen LogP contribution in [-0.4, -0.2) is 57.4 Å². The van der Waals surface area contributed by atoms with Crippen LogP contribution < -0.4 is 10.6 Å². The SMILES string of the molecule is Cc1cc(CNC(=O)c2cc(C(=O)N[C@H]3CCc4cc(-c5nn[nH]n5)ccc43)n3nnc(O)c3n2)ccc1F. The molecule has 6 rings (SSSR count). The van der Waals surface area contributed by atoms with Crippen LogP contribution in [0.1, 0.15) is 55.7 Å². The Kier molecular flexibility index (Phi) is 5.90. The van der Waals surface area contributed by atoms with Gasteiger partial charge in [-0.2, -0.15) is 9.73 Å². The molecule has 1 aliphatic rings. The molecule has 5 aromatic rings. The molecule has 2 aromatic carbocycles. The minimum absolute atomic E-state index is 0.0209. The molecule has 3 aromatic heterocycles. The Morgan fingerprint density at radius 1 is 1.15 bits per heavy atom. The Hall–Kier alpha value is -5.27. The van der Waals surface area contributed by atoms with E-state index in [1.807, 2.05) is 18.2 Å². The second-order valence-corrected chi connectivity index (χ2v) is 9.16. The van der Waals surface area contributed by atoms with E-state index < -0.39 is 17.7 Å². The summed E-state index contributed by atoms with van der Waals surface area (Å²) in [7, 11) is 0. The van der Waals surface area contributed by atoms with Crippen molar-refractivity contribution >= 4 is 17.5 Å². The molecule has 0 unspecified atom stereocenters. The number of carbonyl (C=O) groups is 2. The van der Waals surface area contributed by atoms with Crippen LogP contribution in [-0.2, 0) is 13.0 Å². The van der Waals surface area contributed by atoms with Crippen LogP contribution in [0, 0.1) is 12.7 Å². The Balaban J connectivity index is 1.24. The number of aromatic hydroxyl groups is 1. The van der Waals surface area contributed by atoms with Gasteiger partial charge in [0.15, 0.2) is 0 Å². The number of nitrogens with one attached hydrogen (secondary N) is 3. The molecule has 2 amide bonds. The third-order valence-corrected chi connectivity index (χ3v) is 6.63. The van der Waals surface area contributed by atoms with Gasteiger partial charge in [-0.25, -0.2) is 9.37 Å². The monoisotopic (exact) mass is 528 g/mol. The first-order valence-corrected chi connectivity index (χ1v) is 12.0. The van der Waals surface area contributed by atoms with Crippen molar-refractivity contribution in [2.24, 2.45) is 0 Å². The first-order valence-electron chi connectivity index (χ1n) is 12.0. The minimum Gasteiger partial charge on any atom is -0.489 e. The highest BCUT2D eigenvalue weighted by molar-refractivity contribution is 5.98. The number of aromatic amines is 1. The Morgan fingerprint density at radius 3 is 2.82 bits per heavy atom. The molecule has 0 saturated heterocycles. The maximum atomic E-state index is 13.6. The molecule has 0 saturated carbocycles. The fourth-order valence-electron chi connectivity index (χ4n) is 4.66. The number of amides is 2. The maximum absolute atomic E-state index is 13.6. The van der Waals surface area contributed by atoms with Gasteiger partial charge in [-0.3, -0.25) is 9.59 Å². The normalized spacial score (nSPS) is 14.4. The molecular formula is C25H21FN10O3. The molecule has 0 fully saturated rings. The summed E-state index contributed by atoms with van der Waals surface area (Å²) in [4.78, 5) is 30.5. The zero-order chi connectivity index (χ0) is 27.1. The topological polar surface area (TPSA) is 176 Å². The summed E-state index contributed by atoms with van der Waals surface area (Å²) in [6.45, 7) is 1.74. The number of hydrogen-bond acceptors (Lipinski definition) is 9. The first-order chi connectivity index (χ1) is 18.9. The second-order valence-electron chi connectivity index (χ2n) is 9.16. The van der Waals surface area contributed by atoms with Crippen molar-refractivity contribution in [3.8, 4) is 17.3 Å². The van der Waals surface area contributed by atoms with Gasteiger partial charge in [-0.15, -0.1) is 10.2 Å². The van der Waals surface area contributed by atoms with Crippen molar-refractivity contribution in [1.82, 2.24) is 51.1 Å². The van der Waals surface area contributed by atoms with Crippen molar-refractivity contribution in [2.75, 3.05) is 0 Å². The standard InChI is InChI=1S/C25H21FN10O3/c1-12-8-13(2-6-17(12)26)11-27-23(37)19-10-20(36-22(28-19)25(39)32-35-36)24(38)29-18-7-4-14-9-15(3-5-16(14)18)21-30-33-34-31-21/h2-3,5-6,8-10,18,39H,4,7,11H2,1H3,(H,27,37)(H,29,38)(H,30,31,33,34)/t18-/m0/s1. The molecular weight excluding hydrogens is 507 g/mol. The Morgan fingerprint density at radius 2 is 2.03 bits per heavy atom. The predicted molar refractivity (Wildman–Crippen MR) is 133 cm³/mol. The second kappa shape index (κ2) is 9.55. The molecule has 14 heteroatoms. The van der Waals surface area contributed by atoms with Gasteiger partial charge in [-0.05, 0) is 59.4 Å². The summed E-state index contributed by atoms with van der Waals surface area (Å²) in [5.74, 6) is -1.48. The van der Waals surface area contributed by atoms with Crippen molar-refractivity contribution < 1.29 is 19.1 Å². The van der Waals surface area contributed by atoms with Crippen LogP contribution in [0.15, 0.2) is 42.5 Å². The number of tetrazole rings is 1. The number of nitrogens with zero attached hydrogens (tertiary/aromatic N) is 7. The first kappa shape index (κ1) is 24.1. The highest BCUT2D eigenvalue weighted by atomic mass is 19.1. The molecule has 3 heterocycles. The number of hydrogen-bond donors (Lipinski definition) is 4. The highest BCUT2D eigenvalue weighted by Crippen LogP contribution is 2.33. The fourth-order valence-corrected chi connectivity index (χ4v) is 4.66. The lowest BCUT2D eigenvalue weighted by Crippen LogP contribution is -2.30. The summed E-state index contributed by atoms with van der Waals surface area (Å²) in [6, 6.07) is 11.3. The number of aromatic nitrogens is 8. The van der Waals surface area contributed by atoms with Crippen LogP contribution >= 0.6 is 0 Å². The van der Waals surface area contributed by atoms with Crippen LogP contribution in [0.3, 0.4) is 0 Å². The van der Waals surface area contributed by atoms with E-state index in [0.29, 0.717) is 23.4 Å². The number of H-pyrrole nitrogens is 1. The molecule has 0 radical (unpaired) electrons. The zero-order valence-corrected chi connectivity index (χ0v) is 20.5. The smallest absolute Gasteiger partial charge is 0.278 e. The van der Waals surface area contributed by atoms with E-state index in [1.54, 1.807) is 19.1 Å². The third-order valence-electron chi connectivity index (χ3n) is 6.63. The van der Waals surface area contributed by atoms with Gasteiger partial charge in [0, 0.05) is 18.2 Å². The number of carbonyl (C=O) groups excluding carboxylic acids is 2. The summed E-state index contributed by atoms with van der Waals surface area (Å²) in [5, 5.41) is 37.3. The van der Waals surface area contributed by atoms with Crippen molar-refractivity contribution in [3.63, 3.8) is 0 Å². The molecule has 0 aliphatic heterocycles. The van der Waals surface area contributed by atoms with E-state index in [1.165, 1.54) is 12.1 Å². The largest absolute Gasteiger partial charge is 0.489 e. The third kappa shape index (κ3) is 4.52. The summed E-state index contributed by atoms with van der Waals surface area (Å²) in [6.07, 6.45) is 1.40. The van der Waals surface area contributed by atoms with Gasteiger partial charge in [0.1, 0.15) is 17.2 Å². The number of fused-ring (bicyclic) bond motifs is 2. The minimum atomic E-state index is -0.589. The highest BCUT2D eigenvalue weighted by Gasteiger charge is 2.27. The van der Waals surface area contributed by atoms with Crippen molar-refractivity contribution in [2.45, 2.75) is 32.4 Å². The fraction of sp³-hybridized carbons (Fsp3) is 0.200. The van der Waals surface area contributed by atoms with Gasteiger partial charge >= 0.3 is 0 Å². The molecule has 0 spiro atoms. The van der Waals surface area contributed by atoms with Gasteiger partial charge in [0.2, 0.25) is 11.5 Å². The van der Waals surface area contributed by atoms with E-state index in [0.717, 1.165) is 27.6 Å². The van der Waals surface area contributed by atoms with E-state index in [4.69, 9.17) is 0 Å². The van der Waals surface area contributed by atoms with Crippen LogP contribution in [0.2, 0.25) is 0 Å². The van der Waals surface area contributed by atoms with Gasteiger partial charge in [0.05, 0.1) is 6.04 Å². The lowest BCUT2D eigenvalue weighted by atomic mass is 10.0. The molecule has 1 atom stereocenters. The van der Waals surface area contributed by atoms with Crippen LogP contribution in [0.4, 0.5) is 4.39 Å². The lowest BCUT2D eigenvalue weighted by molar-refractivity contribution is 0.0928. The molecule has 1 aliphatic carbocycles. The predicted octanol–water partition coefficient (Wildman–Crippen LogP) is 1.80. The van der Waals surface area contributed by atoms with Gasteiger partial charge in [0.25, 0.3) is 17.7 Å². The molecule has 0 bridgehead atoms. The number of rotatable bonds is 6. The van der Waals surface area contributed by atoms with E-state index in [9.17, 15) is 19.1 Å². The van der Waals surface area contributed by atoms with E-state index in [2.05, 4.69) is 46.6 Å². The van der Waals surface area contributed by atoms with Crippen LogP contribution in [0.5, 0.6) is 5.88 Å². The maximum Gasteiger partial charge on any atom is 0.278 e.